The topological polar surface area (TPSA) is 64.7 Å². The van der Waals surface area contributed by atoms with Gasteiger partial charge in [0.2, 0.25) is 11.8 Å². The molecule has 0 aliphatic carbocycles. The SMILES string of the molecule is CC(NC(=O)CN(C)CC(=O)N1CCNCC1)c1ccccc1Cl. The number of amides is 2. The molecule has 2 N–H and O–H groups in total. The van der Waals surface area contributed by atoms with E-state index in [-0.39, 0.29) is 30.9 Å². The molecule has 1 atom stereocenters. The molecule has 1 fully saturated rings. The number of nitrogens with one attached hydrogen (secondary N) is 2. The van der Waals surface area contributed by atoms with Crippen LogP contribution in [0.3, 0.4) is 0 Å². The van der Waals surface area contributed by atoms with Gasteiger partial charge >= 0.3 is 0 Å². The lowest BCUT2D eigenvalue weighted by atomic mass is 10.1. The second-order valence-corrected chi connectivity index (χ2v) is 6.52. The number of carbonyl (C=O) groups excluding carboxylic acids is 2. The van der Waals surface area contributed by atoms with E-state index in [4.69, 9.17) is 11.6 Å². The van der Waals surface area contributed by atoms with Crippen LogP contribution in [0.1, 0.15) is 18.5 Å². The van der Waals surface area contributed by atoms with Crippen molar-refractivity contribution < 1.29 is 9.59 Å². The van der Waals surface area contributed by atoms with Gasteiger partial charge in [0, 0.05) is 31.2 Å². The van der Waals surface area contributed by atoms with Crippen LogP contribution in [0, 0.1) is 0 Å². The third-order valence-corrected chi connectivity index (χ3v) is 4.38. The molecule has 0 radical (unpaired) electrons. The van der Waals surface area contributed by atoms with Crippen LogP contribution in [-0.4, -0.2) is 67.9 Å². The number of piperazine rings is 1. The highest BCUT2D eigenvalue weighted by Gasteiger charge is 2.19. The minimum absolute atomic E-state index is 0.0611. The van der Waals surface area contributed by atoms with Crippen molar-refractivity contribution in [2.75, 3.05) is 46.3 Å². The first kappa shape index (κ1) is 18.7. The lowest BCUT2D eigenvalue weighted by Crippen LogP contribution is -2.50. The van der Waals surface area contributed by atoms with E-state index in [0.717, 1.165) is 31.7 Å². The smallest absolute Gasteiger partial charge is 0.236 e. The average Bonchev–Trinajstić information content (AvgIpc) is 2.55. The maximum absolute atomic E-state index is 12.2. The van der Waals surface area contributed by atoms with Crippen LogP contribution < -0.4 is 10.6 Å². The van der Waals surface area contributed by atoms with Gasteiger partial charge in [0.15, 0.2) is 0 Å². The molecule has 0 spiro atoms. The Morgan fingerprint density at radius 1 is 1.29 bits per heavy atom. The number of rotatable bonds is 6. The first-order valence-corrected chi connectivity index (χ1v) is 8.56. The van der Waals surface area contributed by atoms with E-state index in [1.165, 1.54) is 0 Å². The van der Waals surface area contributed by atoms with Gasteiger partial charge in [-0.25, -0.2) is 0 Å². The third-order valence-electron chi connectivity index (χ3n) is 4.04. The third kappa shape index (κ3) is 5.47. The van der Waals surface area contributed by atoms with Crippen molar-refractivity contribution in [1.29, 1.82) is 0 Å². The number of nitrogens with zero attached hydrogens (tertiary/aromatic N) is 2. The predicted octanol–water partition coefficient (Wildman–Crippen LogP) is 0.881. The number of likely N-dealkylation sites (N-methyl/N-ethyl adjacent to an activating group) is 1. The second-order valence-electron chi connectivity index (χ2n) is 6.11. The van der Waals surface area contributed by atoms with Gasteiger partial charge in [-0.3, -0.25) is 14.5 Å². The molecule has 1 aromatic carbocycles. The van der Waals surface area contributed by atoms with E-state index in [1.54, 1.807) is 18.0 Å². The molecule has 24 heavy (non-hydrogen) atoms. The molecule has 0 saturated carbocycles. The number of benzene rings is 1. The summed E-state index contributed by atoms with van der Waals surface area (Å²) in [6.45, 7) is 5.41. The molecule has 1 aliphatic rings. The molecule has 1 aliphatic heterocycles. The second kappa shape index (κ2) is 9.01. The molecular formula is C17H25ClN4O2. The van der Waals surface area contributed by atoms with Gasteiger partial charge in [0.05, 0.1) is 19.1 Å². The first-order valence-electron chi connectivity index (χ1n) is 8.18. The van der Waals surface area contributed by atoms with Gasteiger partial charge < -0.3 is 15.5 Å². The van der Waals surface area contributed by atoms with E-state index in [9.17, 15) is 9.59 Å². The number of hydrogen-bond donors (Lipinski definition) is 2. The molecule has 1 saturated heterocycles. The summed E-state index contributed by atoms with van der Waals surface area (Å²) in [7, 11) is 1.78. The summed E-state index contributed by atoms with van der Waals surface area (Å²) < 4.78 is 0. The minimum atomic E-state index is -0.177. The average molecular weight is 353 g/mol. The summed E-state index contributed by atoms with van der Waals surface area (Å²) in [5.74, 6) is -0.0658. The van der Waals surface area contributed by atoms with E-state index in [1.807, 2.05) is 30.0 Å². The quantitative estimate of drug-likeness (QED) is 0.797. The first-order chi connectivity index (χ1) is 11.5. The Balaban J connectivity index is 1.78. The Morgan fingerprint density at radius 2 is 1.96 bits per heavy atom. The van der Waals surface area contributed by atoms with E-state index in [0.29, 0.717) is 5.02 Å². The Bertz CT molecular complexity index is 575. The standard InChI is InChI=1S/C17H25ClN4O2/c1-13(14-5-3-4-6-15(14)18)20-16(23)11-21(2)12-17(24)22-9-7-19-8-10-22/h3-6,13,19H,7-12H2,1-2H3,(H,20,23). The zero-order valence-corrected chi connectivity index (χ0v) is 15.0. The summed E-state index contributed by atoms with van der Waals surface area (Å²) in [4.78, 5) is 27.9. The fourth-order valence-electron chi connectivity index (χ4n) is 2.74. The minimum Gasteiger partial charge on any atom is -0.348 e. The van der Waals surface area contributed by atoms with E-state index >= 15 is 0 Å². The molecular weight excluding hydrogens is 328 g/mol. The highest BCUT2D eigenvalue weighted by molar-refractivity contribution is 6.31. The van der Waals surface area contributed by atoms with Gasteiger partial charge in [0.1, 0.15) is 0 Å². The largest absolute Gasteiger partial charge is 0.348 e. The van der Waals surface area contributed by atoms with Crippen molar-refractivity contribution >= 4 is 23.4 Å². The molecule has 7 heteroatoms. The highest BCUT2D eigenvalue weighted by atomic mass is 35.5. The van der Waals surface area contributed by atoms with E-state index < -0.39 is 0 Å². The summed E-state index contributed by atoms with van der Waals surface area (Å²) in [5.41, 5.74) is 0.882. The van der Waals surface area contributed by atoms with Crippen LogP contribution >= 0.6 is 11.6 Å². The van der Waals surface area contributed by atoms with Crippen molar-refractivity contribution in [3.05, 3.63) is 34.9 Å². The molecule has 132 valence electrons. The Kier molecular flexibility index (Phi) is 7.02. The fourth-order valence-corrected chi connectivity index (χ4v) is 3.04. The van der Waals surface area contributed by atoms with Gasteiger partial charge in [-0.05, 0) is 25.6 Å². The van der Waals surface area contributed by atoms with Crippen molar-refractivity contribution in [2.24, 2.45) is 0 Å². The lowest BCUT2D eigenvalue weighted by molar-refractivity contribution is -0.133. The summed E-state index contributed by atoms with van der Waals surface area (Å²) in [5, 5.41) is 6.77. The highest BCUT2D eigenvalue weighted by Crippen LogP contribution is 2.21. The van der Waals surface area contributed by atoms with Crippen LogP contribution in [0.4, 0.5) is 0 Å². The number of halogens is 1. The monoisotopic (exact) mass is 352 g/mol. The molecule has 6 nitrogen and oxygen atoms in total. The maximum atomic E-state index is 12.2. The molecule has 1 unspecified atom stereocenters. The fraction of sp³-hybridized carbons (Fsp3) is 0.529. The van der Waals surface area contributed by atoms with Gasteiger partial charge in [-0.1, -0.05) is 29.8 Å². The molecule has 0 bridgehead atoms. The molecule has 2 amide bonds. The zero-order valence-electron chi connectivity index (χ0n) is 14.2. The molecule has 0 aromatic heterocycles. The van der Waals surface area contributed by atoms with Crippen LogP contribution in [0.2, 0.25) is 5.02 Å². The Hall–Kier alpha value is -1.63. The summed E-state index contributed by atoms with van der Waals surface area (Å²) in [6, 6.07) is 7.27. The van der Waals surface area contributed by atoms with Crippen LogP contribution in [-0.2, 0) is 9.59 Å². The van der Waals surface area contributed by atoms with Crippen molar-refractivity contribution in [3.8, 4) is 0 Å². The Morgan fingerprint density at radius 3 is 2.62 bits per heavy atom. The normalized spacial score (nSPS) is 16.1. The van der Waals surface area contributed by atoms with Gasteiger partial charge in [-0.2, -0.15) is 0 Å². The van der Waals surface area contributed by atoms with Gasteiger partial charge in [0.25, 0.3) is 0 Å². The molecule has 1 heterocycles. The van der Waals surface area contributed by atoms with Crippen molar-refractivity contribution in [2.45, 2.75) is 13.0 Å². The predicted molar refractivity (Wildman–Crippen MR) is 95.0 cm³/mol. The summed E-state index contributed by atoms with van der Waals surface area (Å²) >= 11 is 6.15. The number of carbonyl (C=O) groups is 2. The maximum Gasteiger partial charge on any atom is 0.236 e. The lowest BCUT2D eigenvalue weighted by Gasteiger charge is -2.29. The summed E-state index contributed by atoms with van der Waals surface area (Å²) in [6.07, 6.45) is 0. The van der Waals surface area contributed by atoms with Crippen LogP contribution in [0.5, 0.6) is 0 Å². The van der Waals surface area contributed by atoms with Gasteiger partial charge in [-0.15, -0.1) is 0 Å². The van der Waals surface area contributed by atoms with Crippen molar-refractivity contribution in [3.63, 3.8) is 0 Å². The van der Waals surface area contributed by atoms with Crippen LogP contribution in [0.25, 0.3) is 0 Å². The molecule has 1 aromatic rings. The molecule has 2 rings (SSSR count). The zero-order chi connectivity index (χ0) is 17.5. The number of hydrogen-bond acceptors (Lipinski definition) is 4. The van der Waals surface area contributed by atoms with Crippen molar-refractivity contribution in [1.82, 2.24) is 20.4 Å². The van der Waals surface area contributed by atoms with E-state index in [2.05, 4.69) is 10.6 Å². The Labute approximate surface area is 148 Å². The van der Waals surface area contributed by atoms with Crippen LogP contribution in [0.15, 0.2) is 24.3 Å².